The average Bonchev–Trinajstić information content (AvgIpc) is 3.39. The van der Waals surface area contributed by atoms with Crippen LogP contribution in [-0.2, 0) is 27.4 Å². The predicted octanol–water partition coefficient (Wildman–Crippen LogP) is 0.378. The van der Waals surface area contributed by atoms with Crippen LogP contribution in [0, 0.1) is 0 Å². The summed E-state index contributed by atoms with van der Waals surface area (Å²) < 4.78 is 12.6. The van der Waals surface area contributed by atoms with Crippen molar-refractivity contribution in [3.63, 3.8) is 0 Å². The van der Waals surface area contributed by atoms with E-state index in [9.17, 15) is 14.7 Å². The van der Waals surface area contributed by atoms with Crippen molar-refractivity contribution < 1.29 is 24.2 Å². The van der Waals surface area contributed by atoms with Gasteiger partial charge in [-0.3, -0.25) is 4.79 Å². The number of benzene rings is 1. The van der Waals surface area contributed by atoms with E-state index in [-0.39, 0.29) is 32.2 Å². The first-order valence-electron chi connectivity index (χ1n) is 11.2. The first-order chi connectivity index (χ1) is 16.0. The molecule has 12 nitrogen and oxygen atoms in total. The van der Waals surface area contributed by atoms with Crippen molar-refractivity contribution >= 4 is 12.0 Å². The zero-order valence-corrected chi connectivity index (χ0v) is 19.8. The number of likely N-dealkylation sites (tertiary alicyclic amines) is 1. The van der Waals surface area contributed by atoms with Gasteiger partial charge >= 0.3 is 6.09 Å². The Hall–Kier alpha value is -3.09. The fourth-order valence-corrected chi connectivity index (χ4v) is 3.43. The summed E-state index contributed by atoms with van der Waals surface area (Å²) in [5.41, 5.74) is 4.92. The minimum Gasteiger partial charge on any atom is -0.447 e. The topological polar surface area (TPSA) is 158 Å². The SMILES string of the molecule is CC1(O)CCN(C(=O)OCCn2nnnc2[C@@H](COCc2ccccc2)NC(=O)C(C)(C)N)C1. The number of hydrogen-bond acceptors (Lipinski definition) is 9. The number of β-amino-alcohol motifs (C(OH)–C–C–N with tert-alkyl or cyclic N) is 1. The Kier molecular flexibility index (Phi) is 8.18. The van der Waals surface area contributed by atoms with Crippen LogP contribution in [0.2, 0.25) is 0 Å². The van der Waals surface area contributed by atoms with Gasteiger partial charge in [0.1, 0.15) is 12.6 Å². The molecular formula is C22H33N7O5. The molecule has 4 N–H and O–H groups in total. The van der Waals surface area contributed by atoms with Gasteiger partial charge in [0.25, 0.3) is 0 Å². The molecule has 0 saturated carbocycles. The Balaban J connectivity index is 1.61. The Morgan fingerprint density at radius 3 is 2.71 bits per heavy atom. The van der Waals surface area contributed by atoms with E-state index in [4.69, 9.17) is 15.2 Å². The average molecular weight is 476 g/mol. The smallest absolute Gasteiger partial charge is 0.409 e. The highest BCUT2D eigenvalue weighted by Crippen LogP contribution is 2.20. The van der Waals surface area contributed by atoms with E-state index in [1.165, 1.54) is 9.58 Å². The lowest BCUT2D eigenvalue weighted by atomic mass is 10.1. The molecule has 1 unspecified atom stereocenters. The van der Waals surface area contributed by atoms with Gasteiger partial charge in [-0.25, -0.2) is 9.48 Å². The molecule has 2 atom stereocenters. The van der Waals surface area contributed by atoms with Crippen LogP contribution in [0.1, 0.15) is 44.6 Å². The minimum atomic E-state index is -1.11. The number of nitrogens with zero attached hydrogens (tertiary/aromatic N) is 5. The van der Waals surface area contributed by atoms with Crippen molar-refractivity contribution in [3.05, 3.63) is 41.7 Å². The van der Waals surface area contributed by atoms with Crippen molar-refractivity contribution in [2.24, 2.45) is 5.73 Å². The Bertz CT molecular complexity index is 958. The molecule has 1 fully saturated rings. The van der Waals surface area contributed by atoms with E-state index in [0.29, 0.717) is 25.4 Å². The van der Waals surface area contributed by atoms with Gasteiger partial charge in [0.05, 0.1) is 37.4 Å². The van der Waals surface area contributed by atoms with Crippen LogP contribution in [-0.4, -0.2) is 79.7 Å². The van der Waals surface area contributed by atoms with Crippen molar-refractivity contribution in [1.82, 2.24) is 30.4 Å². The van der Waals surface area contributed by atoms with Gasteiger partial charge < -0.3 is 30.5 Å². The first kappa shape index (κ1) is 25.5. The summed E-state index contributed by atoms with van der Waals surface area (Å²) >= 11 is 0. The first-order valence-corrected chi connectivity index (χ1v) is 11.2. The molecule has 2 heterocycles. The molecule has 2 amide bonds. The van der Waals surface area contributed by atoms with Gasteiger partial charge in [-0.1, -0.05) is 30.3 Å². The molecule has 2 aromatic rings. The Morgan fingerprint density at radius 1 is 1.32 bits per heavy atom. The minimum absolute atomic E-state index is 0.0173. The number of rotatable bonds is 10. The number of hydrogen-bond donors (Lipinski definition) is 3. The summed E-state index contributed by atoms with van der Waals surface area (Å²) in [5, 5.41) is 24.6. The van der Waals surface area contributed by atoms with Crippen molar-refractivity contribution in [2.75, 3.05) is 26.3 Å². The van der Waals surface area contributed by atoms with E-state index in [1.807, 2.05) is 30.3 Å². The quantitative estimate of drug-likeness (QED) is 0.442. The highest BCUT2D eigenvalue weighted by molar-refractivity contribution is 5.85. The van der Waals surface area contributed by atoms with Crippen LogP contribution in [0.5, 0.6) is 0 Å². The molecule has 1 aliphatic rings. The normalized spacial score (nSPS) is 19.1. The molecular weight excluding hydrogens is 442 g/mol. The van der Waals surface area contributed by atoms with Gasteiger partial charge in [-0.15, -0.1) is 5.10 Å². The number of amides is 2. The number of aromatic nitrogens is 4. The summed E-state index contributed by atoms with van der Waals surface area (Å²) in [6.45, 7) is 6.19. The number of carbonyl (C=O) groups excluding carboxylic acids is 2. The van der Waals surface area contributed by atoms with E-state index in [2.05, 4.69) is 20.8 Å². The van der Waals surface area contributed by atoms with Gasteiger partial charge in [0.2, 0.25) is 5.91 Å². The van der Waals surface area contributed by atoms with E-state index >= 15 is 0 Å². The van der Waals surface area contributed by atoms with Crippen LogP contribution in [0.4, 0.5) is 4.79 Å². The third-order valence-corrected chi connectivity index (χ3v) is 5.40. The van der Waals surface area contributed by atoms with Gasteiger partial charge in [-0.05, 0) is 43.2 Å². The molecule has 1 aromatic heterocycles. The summed E-state index contributed by atoms with van der Waals surface area (Å²) in [4.78, 5) is 26.3. The van der Waals surface area contributed by atoms with Gasteiger partial charge in [-0.2, -0.15) is 0 Å². The third kappa shape index (κ3) is 7.20. The summed E-state index contributed by atoms with van der Waals surface area (Å²) in [6, 6.07) is 8.96. The Morgan fingerprint density at radius 2 is 2.06 bits per heavy atom. The zero-order chi connectivity index (χ0) is 24.8. The lowest BCUT2D eigenvalue weighted by molar-refractivity contribution is -0.126. The van der Waals surface area contributed by atoms with Gasteiger partial charge in [0.15, 0.2) is 5.82 Å². The number of nitrogens with two attached hydrogens (primary N) is 1. The third-order valence-electron chi connectivity index (χ3n) is 5.40. The summed E-state index contributed by atoms with van der Waals surface area (Å²) in [7, 11) is 0. The number of carbonyl (C=O) groups is 2. The molecule has 3 rings (SSSR count). The zero-order valence-electron chi connectivity index (χ0n) is 19.8. The maximum atomic E-state index is 12.6. The van der Waals surface area contributed by atoms with Crippen LogP contribution in [0.25, 0.3) is 0 Å². The largest absolute Gasteiger partial charge is 0.447 e. The fraction of sp³-hybridized carbons (Fsp3) is 0.591. The molecule has 0 spiro atoms. The van der Waals surface area contributed by atoms with Crippen molar-refractivity contribution in [2.45, 2.75) is 57.5 Å². The van der Waals surface area contributed by atoms with E-state index in [1.54, 1.807) is 20.8 Å². The molecule has 186 valence electrons. The molecule has 0 bridgehead atoms. The predicted molar refractivity (Wildman–Crippen MR) is 121 cm³/mol. The van der Waals surface area contributed by atoms with E-state index < -0.39 is 23.3 Å². The molecule has 0 radical (unpaired) electrons. The maximum absolute atomic E-state index is 12.6. The van der Waals surface area contributed by atoms with Crippen LogP contribution < -0.4 is 11.1 Å². The highest BCUT2D eigenvalue weighted by Gasteiger charge is 2.35. The lowest BCUT2D eigenvalue weighted by Gasteiger charge is -2.24. The molecule has 0 aliphatic carbocycles. The Labute approximate surface area is 198 Å². The monoisotopic (exact) mass is 475 g/mol. The molecule has 1 aliphatic heterocycles. The fourth-order valence-electron chi connectivity index (χ4n) is 3.43. The molecule has 34 heavy (non-hydrogen) atoms. The van der Waals surface area contributed by atoms with Crippen LogP contribution >= 0.6 is 0 Å². The molecule has 1 aromatic carbocycles. The lowest BCUT2D eigenvalue weighted by Crippen LogP contribution is -2.51. The summed E-state index contributed by atoms with van der Waals surface area (Å²) in [6.07, 6.45) is -0.00509. The van der Waals surface area contributed by atoms with Crippen molar-refractivity contribution in [3.8, 4) is 0 Å². The number of tetrazole rings is 1. The summed E-state index contributed by atoms with van der Waals surface area (Å²) in [5.74, 6) is -0.0336. The number of ether oxygens (including phenoxy) is 2. The maximum Gasteiger partial charge on any atom is 0.409 e. The molecule has 12 heteroatoms. The molecule has 1 saturated heterocycles. The second-order valence-corrected chi connectivity index (χ2v) is 9.29. The number of nitrogens with one attached hydrogen (secondary N) is 1. The highest BCUT2D eigenvalue weighted by atomic mass is 16.6. The second-order valence-electron chi connectivity index (χ2n) is 9.29. The second kappa shape index (κ2) is 10.9. The van der Waals surface area contributed by atoms with Crippen molar-refractivity contribution in [1.29, 1.82) is 0 Å². The van der Waals surface area contributed by atoms with E-state index in [0.717, 1.165) is 5.56 Å². The van der Waals surface area contributed by atoms with Gasteiger partial charge in [0, 0.05) is 6.54 Å². The van der Waals surface area contributed by atoms with Crippen LogP contribution in [0.15, 0.2) is 30.3 Å². The van der Waals surface area contributed by atoms with Crippen LogP contribution in [0.3, 0.4) is 0 Å². The number of aliphatic hydroxyl groups is 1. The standard InChI is InChI=1S/C22H33N7O5/c1-21(2,23)19(30)24-17(14-33-13-16-7-5-4-6-8-16)18-25-26-27-29(18)11-12-34-20(31)28-10-9-22(3,32)15-28/h4-8,17,32H,9-15,23H2,1-3H3,(H,24,30)/t17-,22?/m1/s1.